The van der Waals surface area contributed by atoms with Crippen LogP contribution in [-0.4, -0.2) is 37.4 Å². The molecule has 1 saturated carbocycles. The standard InChI is InChI=1S/C10H19NO3/c1-7-5-9(7)10(13)11-8(3-4-12)6-14-2/h7-9,12H,3-6H2,1-2H3,(H,11,13). The minimum absolute atomic E-state index is 0.0506. The lowest BCUT2D eigenvalue weighted by molar-refractivity contribution is -0.123. The van der Waals surface area contributed by atoms with E-state index in [1.807, 2.05) is 0 Å². The van der Waals surface area contributed by atoms with E-state index in [4.69, 9.17) is 9.84 Å². The molecule has 0 aromatic carbocycles. The van der Waals surface area contributed by atoms with Gasteiger partial charge in [-0.15, -0.1) is 0 Å². The van der Waals surface area contributed by atoms with Crippen molar-refractivity contribution < 1.29 is 14.6 Å². The summed E-state index contributed by atoms with van der Waals surface area (Å²) in [5.74, 6) is 0.813. The average molecular weight is 201 g/mol. The van der Waals surface area contributed by atoms with Crippen LogP contribution in [0.2, 0.25) is 0 Å². The summed E-state index contributed by atoms with van der Waals surface area (Å²) in [6.07, 6.45) is 1.55. The molecule has 0 bridgehead atoms. The van der Waals surface area contributed by atoms with Crippen molar-refractivity contribution in [3.8, 4) is 0 Å². The van der Waals surface area contributed by atoms with E-state index in [0.717, 1.165) is 6.42 Å². The molecule has 1 rings (SSSR count). The highest BCUT2D eigenvalue weighted by Gasteiger charge is 2.39. The summed E-state index contributed by atoms with van der Waals surface area (Å²) in [5.41, 5.74) is 0. The Bertz CT molecular complexity index is 190. The number of hydrogen-bond acceptors (Lipinski definition) is 3. The quantitative estimate of drug-likeness (QED) is 0.643. The number of amides is 1. The number of carbonyl (C=O) groups is 1. The van der Waals surface area contributed by atoms with Gasteiger partial charge in [-0.2, -0.15) is 0 Å². The van der Waals surface area contributed by atoms with Gasteiger partial charge in [-0.25, -0.2) is 0 Å². The van der Waals surface area contributed by atoms with Crippen molar-refractivity contribution in [3.63, 3.8) is 0 Å². The molecular formula is C10H19NO3. The molecule has 1 amide bonds. The number of carbonyl (C=O) groups excluding carboxylic acids is 1. The number of methoxy groups -OCH3 is 1. The molecule has 1 aliphatic rings. The zero-order valence-electron chi connectivity index (χ0n) is 8.82. The van der Waals surface area contributed by atoms with Gasteiger partial charge in [0, 0.05) is 19.6 Å². The van der Waals surface area contributed by atoms with Crippen LogP contribution in [0.3, 0.4) is 0 Å². The Labute approximate surface area is 84.6 Å². The first-order valence-electron chi connectivity index (χ1n) is 5.09. The van der Waals surface area contributed by atoms with Gasteiger partial charge in [-0.3, -0.25) is 4.79 Å². The highest BCUT2D eigenvalue weighted by Crippen LogP contribution is 2.37. The molecule has 4 heteroatoms. The Balaban J connectivity index is 2.27. The number of nitrogens with one attached hydrogen (secondary N) is 1. The van der Waals surface area contributed by atoms with E-state index in [0.29, 0.717) is 18.9 Å². The fourth-order valence-electron chi connectivity index (χ4n) is 1.55. The molecule has 0 saturated heterocycles. The van der Waals surface area contributed by atoms with E-state index in [-0.39, 0.29) is 24.5 Å². The second-order valence-electron chi connectivity index (χ2n) is 3.99. The number of aliphatic hydroxyl groups excluding tert-OH is 1. The van der Waals surface area contributed by atoms with Gasteiger partial charge >= 0.3 is 0 Å². The summed E-state index contributed by atoms with van der Waals surface area (Å²) in [6, 6.07) is -0.0506. The Hall–Kier alpha value is -0.610. The first kappa shape index (κ1) is 11.5. The van der Waals surface area contributed by atoms with Crippen LogP contribution in [0.15, 0.2) is 0 Å². The topological polar surface area (TPSA) is 58.6 Å². The van der Waals surface area contributed by atoms with E-state index in [1.54, 1.807) is 7.11 Å². The lowest BCUT2D eigenvalue weighted by atomic mass is 10.2. The van der Waals surface area contributed by atoms with Crippen LogP contribution >= 0.6 is 0 Å². The molecule has 0 aromatic rings. The van der Waals surface area contributed by atoms with Crippen LogP contribution in [0, 0.1) is 11.8 Å². The predicted octanol–water partition coefficient (Wildman–Crippen LogP) is 0.156. The predicted molar refractivity (Wildman–Crippen MR) is 52.8 cm³/mol. The lowest BCUT2D eigenvalue weighted by Gasteiger charge is -2.16. The first-order chi connectivity index (χ1) is 6.69. The van der Waals surface area contributed by atoms with Gasteiger partial charge in [-0.1, -0.05) is 6.92 Å². The zero-order valence-corrected chi connectivity index (χ0v) is 8.82. The van der Waals surface area contributed by atoms with Gasteiger partial charge in [0.25, 0.3) is 0 Å². The maximum Gasteiger partial charge on any atom is 0.223 e. The largest absolute Gasteiger partial charge is 0.396 e. The van der Waals surface area contributed by atoms with Crippen LogP contribution in [0.4, 0.5) is 0 Å². The fourth-order valence-corrected chi connectivity index (χ4v) is 1.55. The summed E-state index contributed by atoms with van der Waals surface area (Å²) in [7, 11) is 1.59. The molecule has 0 aliphatic heterocycles. The number of hydrogen-bond donors (Lipinski definition) is 2. The van der Waals surface area contributed by atoms with Crippen LogP contribution in [0.25, 0.3) is 0 Å². The van der Waals surface area contributed by atoms with Crippen LogP contribution in [0.1, 0.15) is 19.8 Å². The van der Waals surface area contributed by atoms with Crippen molar-refractivity contribution in [2.24, 2.45) is 11.8 Å². The lowest BCUT2D eigenvalue weighted by Crippen LogP contribution is -2.39. The summed E-state index contributed by atoms with van der Waals surface area (Å²) in [4.78, 5) is 11.5. The Kier molecular flexibility index (Phi) is 4.35. The third-order valence-corrected chi connectivity index (χ3v) is 2.64. The highest BCUT2D eigenvalue weighted by molar-refractivity contribution is 5.81. The SMILES string of the molecule is COCC(CCO)NC(=O)C1CC1C. The van der Waals surface area contributed by atoms with Gasteiger partial charge in [0.2, 0.25) is 5.91 Å². The maximum absolute atomic E-state index is 11.5. The summed E-state index contributed by atoms with van der Waals surface area (Å²) < 4.78 is 4.96. The monoisotopic (exact) mass is 201 g/mol. The van der Waals surface area contributed by atoms with Crippen molar-refractivity contribution >= 4 is 5.91 Å². The molecule has 2 N–H and O–H groups in total. The van der Waals surface area contributed by atoms with E-state index in [9.17, 15) is 4.79 Å². The Morgan fingerprint density at radius 2 is 2.36 bits per heavy atom. The maximum atomic E-state index is 11.5. The summed E-state index contributed by atoms with van der Waals surface area (Å²) in [5, 5.41) is 11.7. The van der Waals surface area contributed by atoms with Crippen LogP contribution in [0.5, 0.6) is 0 Å². The van der Waals surface area contributed by atoms with Crippen LogP contribution < -0.4 is 5.32 Å². The second-order valence-corrected chi connectivity index (χ2v) is 3.99. The molecule has 0 heterocycles. The molecular weight excluding hydrogens is 182 g/mol. The van der Waals surface area contributed by atoms with Crippen molar-refractivity contribution in [2.45, 2.75) is 25.8 Å². The second kappa shape index (κ2) is 5.32. The molecule has 1 aliphatic carbocycles. The molecule has 1 fully saturated rings. The third-order valence-electron chi connectivity index (χ3n) is 2.64. The first-order valence-corrected chi connectivity index (χ1v) is 5.09. The smallest absolute Gasteiger partial charge is 0.223 e. The van der Waals surface area contributed by atoms with E-state index in [1.165, 1.54) is 0 Å². The van der Waals surface area contributed by atoms with Gasteiger partial charge < -0.3 is 15.2 Å². The number of rotatable bonds is 6. The summed E-state index contributed by atoms with van der Waals surface area (Å²) in [6.45, 7) is 2.61. The average Bonchev–Trinajstić information content (AvgIpc) is 2.83. The van der Waals surface area contributed by atoms with Crippen molar-refractivity contribution in [3.05, 3.63) is 0 Å². The van der Waals surface area contributed by atoms with Gasteiger partial charge in [0.05, 0.1) is 12.6 Å². The molecule has 3 unspecified atom stereocenters. The van der Waals surface area contributed by atoms with E-state index < -0.39 is 0 Å². The fraction of sp³-hybridized carbons (Fsp3) is 0.900. The van der Waals surface area contributed by atoms with E-state index >= 15 is 0 Å². The Morgan fingerprint density at radius 3 is 2.79 bits per heavy atom. The molecule has 82 valence electrons. The zero-order chi connectivity index (χ0) is 10.6. The van der Waals surface area contributed by atoms with Crippen molar-refractivity contribution in [1.82, 2.24) is 5.32 Å². The molecule has 0 spiro atoms. The number of aliphatic hydroxyl groups is 1. The molecule has 4 nitrogen and oxygen atoms in total. The van der Waals surface area contributed by atoms with Gasteiger partial charge in [-0.05, 0) is 18.8 Å². The molecule has 14 heavy (non-hydrogen) atoms. The van der Waals surface area contributed by atoms with Gasteiger partial charge in [0.1, 0.15) is 0 Å². The van der Waals surface area contributed by atoms with Crippen molar-refractivity contribution in [2.75, 3.05) is 20.3 Å². The Morgan fingerprint density at radius 1 is 1.71 bits per heavy atom. The van der Waals surface area contributed by atoms with Crippen LogP contribution in [-0.2, 0) is 9.53 Å². The minimum Gasteiger partial charge on any atom is -0.396 e. The number of ether oxygens (including phenoxy) is 1. The molecule has 0 radical (unpaired) electrons. The molecule has 3 atom stereocenters. The highest BCUT2D eigenvalue weighted by atomic mass is 16.5. The van der Waals surface area contributed by atoms with Gasteiger partial charge in [0.15, 0.2) is 0 Å². The van der Waals surface area contributed by atoms with Crippen molar-refractivity contribution in [1.29, 1.82) is 0 Å². The van der Waals surface area contributed by atoms with E-state index in [2.05, 4.69) is 12.2 Å². The summed E-state index contributed by atoms with van der Waals surface area (Å²) >= 11 is 0. The minimum atomic E-state index is -0.0506. The normalized spacial score (nSPS) is 27.1. The molecule has 0 aromatic heterocycles. The third kappa shape index (κ3) is 3.27.